The predicted octanol–water partition coefficient (Wildman–Crippen LogP) is 0.751. The van der Waals surface area contributed by atoms with Gasteiger partial charge in [0.2, 0.25) is 0 Å². The van der Waals surface area contributed by atoms with E-state index < -0.39 is 30.7 Å². The van der Waals surface area contributed by atoms with Crippen LogP contribution in [0.1, 0.15) is 6.92 Å². The van der Waals surface area contributed by atoms with Gasteiger partial charge in [-0.3, -0.25) is 4.79 Å². The van der Waals surface area contributed by atoms with Gasteiger partial charge in [-0.05, 0) is 6.92 Å². The maximum atomic E-state index is 12.0. The first kappa shape index (κ1) is 12.7. The Morgan fingerprint density at radius 1 is 1.64 bits per heavy atom. The molecule has 0 fully saturated rings. The van der Waals surface area contributed by atoms with Crippen LogP contribution < -0.4 is 5.32 Å². The van der Waals surface area contributed by atoms with Gasteiger partial charge in [0.15, 0.2) is 5.92 Å². The van der Waals surface area contributed by atoms with E-state index in [2.05, 4.69) is 5.32 Å². The second-order valence-electron chi connectivity index (χ2n) is 2.69. The number of nitrogens with one attached hydrogen (secondary N) is 1. The van der Waals surface area contributed by atoms with Crippen LogP contribution in [-0.4, -0.2) is 29.8 Å². The van der Waals surface area contributed by atoms with Crippen LogP contribution in [0.2, 0.25) is 0 Å². The molecule has 14 heavy (non-hydrogen) atoms. The van der Waals surface area contributed by atoms with Crippen molar-refractivity contribution in [1.29, 1.82) is 5.26 Å². The molecule has 0 radical (unpaired) electrons. The molecule has 80 valence electrons. The van der Waals surface area contributed by atoms with Crippen LogP contribution in [0.5, 0.6) is 0 Å². The molecule has 0 aliphatic rings. The minimum Gasteiger partial charge on any atom is -0.480 e. The quantitative estimate of drug-likeness (QED) is 0.718. The fourth-order valence-corrected chi connectivity index (χ4v) is 0.617. The molecular formula is C7H9F3N2O2. The van der Waals surface area contributed by atoms with Crippen molar-refractivity contribution in [3.8, 4) is 6.07 Å². The fraction of sp³-hybridized carbons (Fsp3) is 0.714. The molecular weight excluding hydrogens is 201 g/mol. The lowest BCUT2D eigenvalue weighted by molar-refractivity contribution is -0.159. The van der Waals surface area contributed by atoms with Crippen molar-refractivity contribution in [2.75, 3.05) is 6.54 Å². The summed E-state index contributed by atoms with van der Waals surface area (Å²) in [5.41, 5.74) is 0. The SMILES string of the molecule is C[C@@H](NCC(C#N)C(F)(F)F)C(=O)O. The molecule has 0 bridgehead atoms. The largest absolute Gasteiger partial charge is 0.480 e. The van der Waals surface area contributed by atoms with Gasteiger partial charge in [0.25, 0.3) is 0 Å². The number of carbonyl (C=O) groups is 1. The molecule has 0 rings (SSSR count). The minimum absolute atomic E-state index is 0.715. The third kappa shape index (κ3) is 4.09. The average Bonchev–Trinajstić information content (AvgIpc) is 2.02. The molecule has 2 N–H and O–H groups in total. The molecule has 0 aliphatic carbocycles. The Bertz CT molecular complexity index is 246. The highest BCUT2D eigenvalue weighted by Crippen LogP contribution is 2.24. The van der Waals surface area contributed by atoms with Crippen molar-refractivity contribution < 1.29 is 23.1 Å². The minimum atomic E-state index is -4.63. The Hall–Kier alpha value is -1.29. The van der Waals surface area contributed by atoms with E-state index in [1.54, 1.807) is 0 Å². The summed E-state index contributed by atoms with van der Waals surface area (Å²) in [6, 6.07) is -0.0477. The molecule has 0 aromatic rings. The summed E-state index contributed by atoms with van der Waals surface area (Å²) >= 11 is 0. The van der Waals surface area contributed by atoms with Gasteiger partial charge in [0.1, 0.15) is 6.04 Å². The second kappa shape index (κ2) is 4.81. The molecule has 0 aromatic heterocycles. The highest BCUT2D eigenvalue weighted by molar-refractivity contribution is 5.72. The summed E-state index contributed by atoms with van der Waals surface area (Å²) in [5.74, 6) is -3.44. The van der Waals surface area contributed by atoms with Gasteiger partial charge >= 0.3 is 12.1 Å². The number of alkyl halides is 3. The molecule has 0 aromatic carbocycles. The highest BCUT2D eigenvalue weighted by Gasteiger charge is 2.39. The first-order valence-electron chi connectivity index (χ1n) is 3.71. The van der Waals surface area contributed by atoms with Crippen molar-refractivity contribution in [2.45, 2.75) is 19.1 Å². The lowest BCUT2D eigenvalue weighted by atomic mass is 10.1. The number of hydrogen-bond acceptors (Lipinski definition) is 3. The van der Waals surface area contributed by atoms with Gasteiger partial charge in [-0.15, -0.1) is 0 Å². The van der Waals surface area contributed by atoms with E-state index in [0.29, 0.717) is 0 Å². The first-order chi connectivity index (χ1) is 6.29. The van der Waals surface area contributed by atoms with Crippen molar-refractivity contribution in [3.63, 3.8) is 0 Å². The number of hydrogen-bond donors (Lipinski definition) is 2. The van der Waals surface area contributed by atoms with Crippen LogP contribution >= 0.6 is 0 Å². The van der Waals surface area contributed by atoms with E-state index in [1.807, 2.05) is 0 Å². The molecule has 4 nitrogen and oxygen atoms in total. The monoisotopic (exact) mass is 210 g/mol. The molecule has 0 spiro atoms. The molecule has 7 heteroatoms. The Kier molecular flexibility index (Phi) is 4.37. The van der Waals surface area contributed by atoms with Gasteiger partial charge in [-0.1, -0.05) is 0 Å². The summed E-state index contributed by atoms with van der Waals surface area (Å²) in [4.78, 5) is 10.2. The van der Waals surface area contributed by atoms with E-state index in [9.17, 15) is 18.0 Å². The summed E-state index contributed by atoms with van der Waals surface area (Å²) < 4.78 is 35.9. The number of halogens is 3. The van der Waals surface area contributed by atoms with Gasteiger partial charge in [0.05, 0.1) is 6.07 Å². The topological polar surface area (TPSA) is 73.1 Å². The van der Waals surface area contributed by atoms with Gasteiger partial charge in [-0.25, -0.2) is 0 Å². The Balaban J connectivity index is 4.12. The lowest BCUT2D eigenvalue weighted by Gasteiger charge is -2.15. The number of rotatable bonds is 4. The summed E-state index contributed by atoms with van der Waals surface area (Å²) in [6.07, 6.45) is -4.63. The van der Waals surface area contributed by atoms with E-state index in [0.717, 1.165) is 6.07 Å². The third-order valence-electron chi connectivity index (χ3n) is 1.55. The first-order valence-corrected chi connectivity index (χ1v) is 3.71. The standard InChI is InChI=1S/C7H9F3N2O2/c1-4(6(13)14)12-3-5(2-11)7(8,9)10/h4-5,12H,3H2,1H3,(H,13,14)/t4-,5?/m1/s1. The van der Waals surface area contributed by atoms with Gasteiger partial charge in [0, 0.05) is 6.54 Å². The molecule has 0 amide bonds. The van der Waals surface area contributed by atoms with Crippen LogP contribution in [0.15, 0.2) is 0 Å². The van der Waals surface area contributed by atoms with Crippen LogP contribution in [0.3, 0.4) is 0 Å². The van der Waals surface area contributed by atoms with E-state index in [1.165, 1.54) is 6.92 Å². The Morgan fingerprint density at radius 3 is 2.43 bits per heavy atom. The van der Waals surface area contributed by atoms with Gasteiger partial charge < -0.3 is 10.4 Å². The van der Waals surface area contributed by atoms with E-state index >= 15 is 0 Å². The van der Waals surface area contributed by atoms with Crippen LogP contribution in [0, 0.1) is 17.2 Å². The number of aliphatic carboxylic acids is 1. The highest BCUT2D eigenvalue weighted by atomic mass is 19.4. The Morgan fingerprint density at radius 2 is 2.14 bits per heavy atom. The smallest absolute Gasteiger partial charge is 0.405 e. The third-order valence-corrected chi connectivity index (χ3v) is 1.55. The maximum absolute atomic E-state index is 12.0. The molecule has 0 saturated carbocycles. The summed E-state index contributed by atoms with van der Waals surface area (Å²) in [7, 11) is 0. The van der Waals surface area contributed by atoms with Crippen LogP contribution in [0.4, 0.5) is 13.2 Å². The number of nitriles is 1. The van der Waals surface area contributed by atoms with Crippen molar-refractivity contribution in [1.82, 2.24) is 5.32 Å². The van der Waals surface area contributed by atoms with E-state index in [-0.39, 0.29) is 0 Å². The molecule has 2 atom stereocenters. The average molecular weight is 210 g/mol. The van der Waals surface area contributed by atoms with Crippen molar-refractivity contribution in [2.24, 2.45) is 5.92 Å². The lowest BCUT2D eigenvalue weighted by Crippen LogP contribution is -2.40. The molecule has 0 saturated heterocycles. The molecule has 1 unspecified atom stereocenters. The molecule has 0 heterocycles. The zero-order valence-corrected chi connectivity index (χ0v) is 7.30. The normalized spacial score (nSPS) is 15.6. The Labute approximate surface area is 78.3 Å². The number of carboxylic acid groups (broad SMARTS) is 1. The van der Waals surface area contributed by atoms with E-state index in [4.69, 9.17) is 10.4 Å². The summed E-state index contributed by atoms with van der Waals surface area (Å²) in [5, 5.41) is 18.6. The second-order valence-corrected chi connectivity index (χ2v) is 2.69. The zero-order chi connectivity index (χ0) is 11.4. The van der Waals surface area contributed by atoms with Crippen molar-refractivity contribution >= 4 is 5.97 Å². The maximum Gasteiger partial charge on any atom is 0.405 e. The number of carboxylic acids is 1. The molecule has 0 aliphatic heterocycles. The number of nitrogens with zero attached hydrogens (tertiary/aromatic N) is 1. The van der Waals surface area contributed by atoms with Crippen LogP contribution in [-0.2, 0) is 4.79 Å². The van der Waals surface area contributed by atoms with Crippen molar-refractivity contribution in [3.05, 3.63) is 0 Å². The fourth-order valence-electron chi connectivity index (χ4n) is 0.617. The summed E-state index contributed by atoms with van der Waals surface area (Å²) in [6.45, 7) is 0.487. The zero-order valence-electron chi connectivity index (χ0n) is 7.30. The van der Waals surface area contributed by atoms with Gasteiger partial charge in [-0.2, -0.15) is 18.4 Å². The van der Waals surface area contributed by atoms with Crippen LogP contribution in [0.25, 0.3) is 0 Å². The predicted molar refractivity (Wildman–Crippen MR) is 40.3 cm³/mol.